The molecule has 222 valence electrons. The van der Waals surface area contributed by atoms with E-state index in [1.807, 2.05) is 0 Å². The number of allylic oxidation sites excluding steroid dienone is 4. The highest BCUT2D eigenvalue weighted by Gasteiger charge is 2.44. The molecule has 0 radical (unpaired) electrons. The lowest BCUT2D eigenvalue weighted by molar-refractivity contribution is 0.118. The van der Waals surface area contributed by atoms with Crippen LogP contribution in [0.2, 0.25) is 0 Å². The van der Waals surface area contributed by atoms with Crippen molar-refractivity contribution in [3.8, 4) is 0 Å². The minimum absolute atomic E-state index is 0.00544. The van der Waals surface area contributed by atoms with E-state index in [0.29, 0.717) is 28.6 Å². The maximum Gasteiger partial charge on any atom is 0.115 e. The summed E-state index contributed by atoms with van der Waals surface area (Å²) in [6.07, 6.45) is 13.4. The molecule has 0 amide bonds. The molecule has 0 fully saturated rings. The van der Waals surface area contributed by atoms with Gasteiger partial charge in [-0.3, -0.25) is 0 Å². The average Bonchev–Trinajstić information content (AvgIpc) is 3.43. The van der Waals surface area contributed by atoms with Crippen LogP contribution in [0.4, 0.5) is 0 Å². The Labute approximate surface area is 243 Å². The number of hydrogen-bond donors (Lipinski definition) is 0. The van der Waals surface area contributed by atoms with Crippen LogP contribution < -0.4 is 0 Å². The lowest BCUT2D eigenvalue weighted by atomic mass is 9.66. The fourth-order valence-electron chi connectivity index (χ4n) is 7.73. The van der Waals surface area contributed by atoms with E-state index in [2.05, 4.69) is 134 Å². The summed E-state index contributed by atoms with van der Waals surface area (Å²) >= 11 is 0. The summed E-state index contributed by atoms with van der Waals surface area (Å²) in [6.45, 7) is 38.6. The van der Waals surface area contributed by atoms with Gasteiger partial charge in [0.2, 0.25) is 0 Å². The van der Waals surface area contributed by atoms with Crippen molar-refractivity contribution in [3.63, 3.8) is 0 Å². The third-order valence-corrected chi connectivity index (χ3v) is 9.84. The molecule has 39 heavy (non-hydrogen) atoms. The van der Waals surface area contributed by atoms with Crippen molar-refractivity contribution in [1.82, 2.24) is 9.55 Å². The van der Waals surface area contributed by atoms with Crippen molar-refractivity contribution >= 4 is 0 Å². The summed E-state index contributed by atoms with van der Waals surface area (Å²) in [4.78, 5) is 5.48. The number of imidazole rings is 1. The van der Waals surface area contributed by atoms with Gasteiger partial charge in [-0.25, -0.2) is 4.98 Å². The summed E-state index contributed by atoms with van der Waals surface area (Å²) in [7, 11) is 0. The van der Waals surface area contributed by atoms with Gasteiger partial charge in [0.15, 0.2) is 0 Å². The molecule has 0 saturated carbocycles. The Kier molecular flexibility index (Phi) is 8.42. The average molecular weight is 537 g/mol. The standard InChI is InChI=1S/C37H64N2/c1-32(2,3)27-18-17-19-28(27)36(13,14)23-26-24-39(35(10,11)12)31(38-26)37(15,16)22-25-20-29(33(4,5)6)30(21-25)34(7,8)9/h19-20,24,27,29-30H,17-18,21-23H2,1-16H3. The highest BCUT2D eigenvalue weighted by Crippen LogP contribution is 2.52. The molecule has 0 spiro atoms. The molecule has 3 rings (SSSR count). The molecule has 3 unspecified atom stereocenters. The minimum Gasteiger partial charge on any atom is -0.329 e. The van der Waals surface area contributed by atoms with Gasteiger partial charge in [-0.2, -0.15) is 0 Å². The lowest BCUT2D eigenvalue weighted by Crippen LogP contribution is -2.32. The summed E-state index contributed by atoms with van der Waals surface area (Å²) in [5.41, 5.74) is 5.51. The van der Waals surface area contributed by atoms with Crippen molar-refractivity contribution in [1.29, 1.82) is 0 Å². The van der Waals surface area contributed by atoms with E-state index in [-0.39, 0.29) is 21.8 Å². The predicted octanol–water partition coefficient (Wildman–Crippen LogP) is 10.9. The van der Waals surface area contributed by atoms with Crippen LogP contribution in [0, 0.1) is 39.4 Å². The second kappa shape index (κ2) is 10.2. The SMILES string of the molecule is CC(C)(Cc1cn(C(C)(C)C)c(C(C)(C)CC2=CC(C(C)(C)C)C(C(C)(C)C)C2)n1)C1=CCCC1C(C)(C)C. The Balaban J connectivity index is 1.94. The normalized spacial score (nSPS) is 23.8. The molecular weight excluding hydrogens is 472 g/mol. The zero-order valence-electron chi connectivity index (χ0n) is 28.9. The summed E-state index contributed by atoms with van der Waals surface area (Å²) in [6, 6.07) is 0. The van der Waals surface area contributed by atoms with Gasteiger partial charge in [0.25, 0.3) is 0 Å². The Hall–Kier alpha value is -1.31. The molecule has 2 nitrogen and oxygen atoms in total. The molecule has 0 aromatic carbocycles. The van der Waals surface area contributed by atoms with E-state index in [9.17, 15) is 0 Å². The maximum absolute atomic E-state index is 5.48. The highest BCUT2D eigenvalue weighted by molar-refractivity contribution is 5.28. The molecular formula is C37H64N2. The fourth-order valence-corrected chi connectivity index (χ4v) is 7.73. The van der Waals surface area contributed by atoms with E-state index in [4.69, 9.17) is 4.98 Å². The van der Waals surface area contributed by atoms with Gasteiger partial charge < -0.3 is 4.57 Å². The number of hydrogen-bond acceptors (Lipinski definition) is 1. The molecule has 1 aromatic rings. The highest BCUT2D eigenvalue weighted by atomic mass is 15.1. The van der Waals surface area contributed by atoms with E-state index in [1.165, 1.54) is 30.8 Å². The molecule has 1 heterocycles. The quantitative estimate of drug-likeness (QED) is 0.331. The minimum atomic E-state index is -0.0305. The van der Waals surface area contributed by atoms with E-state index < -0.39 is 0 Å². The van der Waals surface area contributed by atoms with Crippen LogP contribution in [0.3, 0.4) is 0 Å². The molecule has 0 saturated heterocycles. The van der Waals surface area contributed by atoms with Crippen LogP contribution in [0.1, 0.15) is 148 Å². The van der Waals surface area contributed by atoms with Crippen LogP contribution >= 0.6 is 0 Å². The van der Waals surface area contributed by atoms with Gasteiger partial charge >= 0.3 is 0 Å². The van der Waals surface area contributed by atoms with Crippen molar-refractivity contribution in [2.45, 2.75) is 154 Å². The van der Waals surface area contributed by atoms with Gasteiger partial charge in [0.1, 0.15) is 5.82 Å². The first kappa shape index (κ1) is 32.2. The first-order valence-electron chi connectivity index (χ1n) is 15.8. The Bertz CT molecular complexity index is 1080. The molecule has 3 atom stereocenters. The molecule has 2 heteroatoms. The zero-order valence-corrected chi connectivity index (χ0v) is 28.9. The van der Waals surface area contributed by atoms with Crippen LogP contribution in [0.15, 0.2) is 29.5 Å². The van der Waals surface area contributed by atoms with Crippen LogP contribution in [-0.4, -0.2) is 9.55 Å². The first-order valence-corrected chi connectivity index (χ1v) is 15.8. The fraction of sp³-hybridized carbons (Fsp3) is 0.811. The Morgan fingerprint density at radius 2 is 1.33 bits per heavy atom. The van der Waals surface area contributed by atoms with Gasteiger partial charge in [-0.1, -0.05) is 113 Å². The summed E-state index contributed by atoms with van der Waals surface area (Å²) in [5, 5.41) is 0. The van der Waals surface area contributed by atoms with Gasteiger partial charge in [0.05, 0.1) is 5.69 Å². The van der Waals surface area contributed by atoms with E-state index in [1.54, 1.807) is 11.1 Å². The van der Waals surface area contributed by atoms with Crippen molar-refractivity contribution in [2.75, 3.05) is 0 Å². The maximum atomic E-state index is 5.48. The van der Waals surface area contributed by atoms with Crippen LogP contribution in [0.5, 0.6) is 0 Å². The molecule has 2 aliphatic rings. The summed E-state index contributed by atoms with van der Waals surface area (Å²) in [5.74, 6) is 3.23. The molecule has 1 aromatic heterocycles. The smallest absolute Gasteiger partial charge is 0.115 e. The topological polar surface area (TPSA) is 17.8 Å². The predicted molar refractivity (Wildman–Crippen MR) is 171 cm³/mol. The van der Waals surface area contributed by atoms with E-state index in [0.717, 1.165) is 12.8 Å². The van der Waals surface area contributed by atoms with Crippen molar-refractivity contribution in [2.24, 2.45) is 39.4 Å². The third kappa shape index (κ3) is 7.13. The molecule has 2 aliphatic carbocycles. The Morgan fingerprint density at radius 3 is 1.79 bits per heavy atom. The van der Waals surface area contributed by atoms with Crippen molar-refractivity contribution in [3.05, 3.63) is 41.0 Å². The second-order valence-electron chi connectivity index (χ2n) is 18.8. The molecule has 0 aliphatic heterocycles. The summed E-state index contributed by atoms with van der Waals surface area (Å²) < 4.78 is 2.50. The number of nitrogens with zero attached hydrogens (tertiary/aromatic N) is 2. The lowest BCUT2D eigenvalue weighted by Gasteiger charge is -2.39. The van der Waals surface area contributed by atoms with Crippen molar-refractivity contribution < 1.29 is 0 Å². The van der Waals surface area contributed by atoms with Crippen LogP contribution in [-0.2, 0) is 17.4 Å². The molecule has 0 N–H and O–H groups in total. The Morgan fingerprint density at radius 1 is 0.744 bits per heavy atom. The largest absolute Gasteiger partial charge is 0.329 e. The van der Waals surface area contributed by atoms with E-state index >= 15 is 0 Å². The van der Waals surface area contributed by atoms with Gasteiger partial charge in [0, 0.05) is 23.6 Å². The monoisotopic (exact) mass is 537 g/mol. The number of aromatic nitrogens is 2. The van der Waals surface area contributed by atoms with Gasteiger partial charge in [-0.05, 0) is 85.9 Å². The molecule has 0 bridgehead atoms. The third-order valence-electron chi connectivity index (χ3n) is 9.84. The van der Waals surface area contributed by atoms with Gasteiger partial charge in [-0.15, -0.1) is 0 Å². The second-order valence-corrected chi connectivity index (χ2v) is 18.8. The zero-order chi connectivity index (χ0) is 30.0. The first-order chi connectivity index (χ1) is 17.3. The number of rotatable bonds is 6. The van der Waals surface area contributed by atoms with Crippen LogP contribution in [0.25, 0.3) is 0 Å².